The Morgan fingerprint density at radius 2 is 1.13 bits per heavy atom. The molecular weight excluding hydrogens is 1050 g/mol. The van der Waals surface area contributed by atoms with E-state index >= 15 is 0 Å². The number of allylic oxidation sites excluding steroid dienone is 1. The number of fused-ring (bicyclic) bond motifs is 4. The van der Waals surface area contributed by atoms with Crippen molar-refractivity contribution in [1.82, 2.24) is 38.9 Å². The molecule has 0 N–H and O–H groups in total. The lowest BCUT2D eigenvalue weighted by molar-refractivity contribution is 0.0167. The molecule has 2 amide bonds. The number of pyridine rings is 2. The summed E-state index contributed by atoms with van der Waals surface area (Å²) < 4.78 is 16.0. The summed E-state index contributed by atoms with van der Waals surface area (Å²) in [6, 6.07) is 20.4. The van der Waals surface area contributed by atoms with E-state index in [4.69, 9.17) is 49.1 Å². The number of carbonyl (C=O) groups excluding carboxylic acids is 2. The maximum absolute atomic E-state index is 12.7. The van der Waals surface area contributed by atoms with Crippen LogP contribution in [0.15, 0.2) is 110 Å². The van der Waals surface area contributed by atoms with Crippen LogP contribution in [0.4, 0.5) is 9.59 Å². The lowest BCUT2D eigenvalue weighted by atomic mass is 9.76. The van der Waals surface area contributed by atoms with Crippen LogP contribution in [0.1, 0.15) is 124 Å². The molecule has 0 saturated carbocycles. The van der Waals surface area contributed by atoms with E-state index in [1.165, 1.54) is 11.1 Å². The summed E-state index contributed by atoms with van der Waals surface area (Å²) in [5.74, 6) is 10.1. The van der Waals surface area contributed by atoms with Gasteiger partial charge in [-0.2, -0.15) is 0 Å². The van der Waals surface area contributed by atoms with Crippen molar-refractivity contribution in [3.63, 3.8) is 0 Å². The molecule has 15 heteroatoms. The maximum Gasteiger partial charge on any atom is 0.410 e. The summed E-state index contributed by atoms with van der Waals surface area (Å²) in [7, 11) is 0. The lowest BCUT2D eigenvalue weighted by Gasteiger charge is -2.37. The van der Waals surface area contributed by atoms with E-state index in [2.05, 4.69) is 80.1 Å². The molecule has 2 atom stereocenters. The van der Waals surface area contributed by atoms with Gasteiger partial charge < -0.3 is 28.4 Å². The zero-order chi connectivity index (χ0) is 53.3. The van der Waals surface area contributed by atoms with Gasteiger partial charge in [0.05, 0.1) is 37.1 Å². The molecule has 10 rings (SSSR count). The predicted molar refractivity (Wildman–Crippen MR) is 302 cm³/mol. The fourth-order valence-corrected chi connectivity index (χ4v) is 11.0. The SMILES string of the molecule is C#CCn1ccnc1.CC(C)(C)OC(=O)N1CCC(C2c3ccc(Cl)cc3C=C(Br)c3cccnc32)CC1.CC(C)(C)OC(=O)N1CCC(C2c3ccc(Cl)cc3C=C(C#CCn3ccnc3)c3cccnc32)CC1. The Morgan fingerprint density at radius 1 is 0.667 bits per heavy atom. The van der Waals surface area contributed by atoms with Gasteiger partial charge in [-0.15, -0.1) is 6.42 Å². The number of benzene rings is 2. The molecule has 0 bridgehead atoms. The molecular formula is C60H63BrCl2N8O4. The van der Waals surface area contributed by atoms with Gasteiger partial charge in [0.2, 0.25) is 0 Å². The molecule has 388 valence electrons. The van der Waals surface area contributed by atoms with Crippen LogP contribution < -0.4 is 0 Å². The number of terminal acetylenes is 1. The molecule has 2 aromatic carbocycles. The standard InChI is InChI=1S/C30H31ClN4O2.C24H26BrClN2O2.C6H6N2/c1-30(2,3)37-29(36)35-15-10-21(11-16-35)27-25-9-8-24(31)19-23(25)18-22(26-7-4-12-33-28(26)27)6-5-14-34-17-13-32-20-34;1-24(2,3)30-23(29)28-11-8-15(9-12-28)21-18-7-6-17(26)13-16(18)14-20(25)19-5-4-10-27-22(19)21;1-2-4-8-5-3-7-6-8/h4,7-9,12-13,17-21,27H,10-11,14-16H2,1-3H3;4-7,10,13-15,21H,8-9,11-12H2,1-3H3;1,3,5-6H,4H2. The summed E-state index contributed by atoms with van der Waals surface area (Å²) in [5, 5.41) is 1.42. The van der Waals surface area contributed by atoms with Crippen molar-refractivity contribution < 1.29 is 19.1 Å². The van der Waals surface area contributed by atoms with E-state index in [-0.39, 0.29) is 24.0 Å². The second-order valence-corrected chi connectivity index (χ2v) is 22.7. The van der Waals surface area contributed by atoms with E-state index in [0.29, 0.717) is 56.1 Å². The van der Waals surface area contributed by atoms with Crippen LogP contribution in [0.3, 0.4) is 0 Å². The number of nitrogens with zero attached hydrogens (tertiary/aromatic N) is 8. The van der Waals surface area contributed by atoms with Gasteiger partial charge >= 0.3 is 12.2 Å². The van der Waals surface area contributed by atoms with Gasteiger partial charge in [-0.05, 0) is 150 Å². The Bertz CT molecular complexity index is 3120. The van der Waals surface area contributed by atoms with Crippen molar-refractivity contribution in [2.24, 2.45) is 11.8 Å². The number of hydrogen-bond donors (Lipinski definition) is 0. The lowest BCUT2D eigenvalue weighted by Crippen LogP contribution is -2.42. The maximum atomic E-state index is 12.7. The quantitative estimate of drug-likeness (QED) is 0.160. The first-order chi connectivity index (χ1) is 35.9. The zero-order valence-electron chi connectivity index (χ0n) is 43.3. The van der Waals surface area contributed by atoms with Crippen LogP contribution in [0.2, 0.25) is 10.0 Å². The molecule has 0 radical (unpaired) electrons. The van der Waals surface area contributed by atoms with Gasteiger partial charge in [-0.25, -0.2) is 19.6 Å². The van der Waals surface area contributed by atoms with Crippen molar-refractivity contribution in [3.8, 4) is 24.2 Å². The van der Waals surface area contributed by atoms with E-state index in [0.717, 1.165) is 74.4 Å². The van der Waals surface area contributed by atoms with E-state index in [1.807, 2.05) is 122 Å². The van der Waals surface area contributed by atoms with E-state index in [9.17, 15) is 9.59 Å². The third-order valence-corrected chi connectivity index (χ3v) is 14.5. The van der Waals surface area contributed by atoms with E-state index < -0.39 is 11.2 Å². The van der Waals surface area contributed by atoms with Crippen molar-refractivity contribution in [2.75, 3.05) is 26.2 Å². The number of hydrogen-bond acceptors (Lipinski definition) is 8. The number of amides is 2. The summed E-state index contributed by atoms with van der Waals surface area (Å²) in [6.07, 6.45) is 26.7. The highest BCUT2D eigenvalue weighted by atomic mass is 79.9. The minimum Gasteiger partial charge on any atom is -0.444 e. The zero-order valence-corrected chi connectivity index (χ0v) is 46.4. The number of imidazole rings is 2. The van der Waals surface area contributed by atoms with Crippen LogP contribution in [0, 0.1) is 36.0 Å². The first-order valence-corrected chi connectivity index (χ1v) is 26.9. The van der Waals surface area contributed by atoms with Gasteiger partial charge in [-0.1, -0.05) is 81.2 Å². The second kappa shape index (κ2) is 24.4. The molecule has 2 fully saturated rings. The smallest absolute Gasteiger partial charge is 0.410 e. The number of piperidine rings is 2. The third kappa shape index (κ3) is 14.2. The topological polar surface area (TPSA) is 120 Å². The number of carbonyl (C=O) groups is 2. The fourth-order valence-electron chi connectivity index (χ4n) is 10.0. The molecule has 2 aliphatic heterocycles. The molecule has 4 aliphatic rings. The minimum absolute atomic E-state index is 0.0773. The summed E-state index contributed by atoms with van der Waals surface area (Å²) >= 11 is 16.5. The van der Waals surface area contributed by atoms with Crippen LogP contribution in [-0.4, -0.2) is 88.4 Å². The summed E-state index contributed by atoms with van der Waals surface area (Å²) in [6.45, 7) is 15.3. The number of aromatic nitrogens is 6. The Balaban J connectivity index is 0.000000176. The molecule has 2 saturated heterocycles. The number of ether oxygens (including phenoxy) is 2. The number of halogens is 3. The Morgan fingerprint density at radius 3 is 1.60 bits per heavy atom. The largest absolute Gasteiger partial charge is 0.444 e. The van der Waals surface area contributed by atoms with Gasteiger partial charge in [0.25, 0.3) is 0 Å². The average molecular weight is 1110 g/mol. The molecule has 6 aromatic rings. The first-order valence-electron chi connectivity index (χ1n) is 25.3. The highest BCUT2D eigenvalue weighted by Gasteiger charge is 2.38. The van der Waals surface area contributed by atoms with Crippen LogP contribution in [0.5, 0.6) is 0 Å². The third-order valence-electron chi connectivity index (χ3n) is 13.4. The van der Waals surface area contributed by atoms with Gasteiger partial charge in [-0.3, -0.25) is 9.97 Å². The van der Waals surface area contributed by atoms with Crippen LogP contribution >= 0.6 is 39.1 Å². The van der Waals surface area contributed by atoms with Gasteiger partial charge in [0, 0.05) is 106 Å². The molecule has 2 aliphatic carbocycles. The van der Waals surface area contributed by atoms with Crippen LogP contribution in [-0.2, 0) is 22.6 Å². The predicted octanol–water partition coefficient (Wildman–Crippen LogP) is 13.5. The van der Waals surface area contributed by atoms with Gasteiger partial charge in [0.1, 0.15) is 11.2 Å². The Labute approximate surface area is 459 Å². The summed E-state index contributed by atoms with van der Waals surface area (Å²) in [5.41, 5.74) is 8.85. The Hall–Kier alpha value is -6.64. The molecule has 0 spiro atoms. The number of rotatable bonds is 4. The molecule has 75 heavy (non-hydrogen) atoms. The van der Waals surface area contributed by atoms with Crippen molar-refractivity contribution in [2.45, 2.75) is 103 Å². The first kappa shape index (κ1) is 54.6. The summed E-state index contributed by atoms with van der Waals surface area (Å²) in [4.78, 5) is 46.4. The Kier molecular flexibility index (Phi) is 17.7. The normalized spacial score (nSPS) is 17.3. The van der Waals surface area contributed by atoms with Crippen LogP contribution in [0.25, 0.3) is 22.2 Å². The molecule has 6 heterocycles. The highest BCUT2D eigenvalue weighted by molar-refractivity contribution is 9.15. The van der Waals surface area contributed by atoms with Crippen molar-refractivity contribution in [3.05, 3.63) is 165 Å². The van der Waals surface area contributed by atoms with Crippen molar-refractivity contribution >= 4 is 73.5 Å². The number of likely N-dealkylation sites (tertiary alicyclic amines) is 2. The highest BCUT2D eigenvalue weighted by Crippen LogP contribution is 2.47. The average Bonchev–Trinajstić information content (AvgIpc) is 4.06. The molecule has 4 aromatic heterocycles. The monoisotopic (exact) mass is 1110 g/mol. The minimum atomic E-state index is -0.503. The fraction of sp³-hybridized carbons (Fsp3) is 0.367. The molecule has 12 nitrogen and oxygen atoms in total. The second-order valence-electron chi connectivity index (χ2n) is 21.0. The van der Waals surface area contributed by atoms with Crippen molar-refractivity contribution in [1.29, 1.82) is 0 Å². The molecule has 2 unspecified atom stereocenters. The van der Waals surface area contributed by atoms with E-state index in [1.54, 1.807) is 25.0 Å². The van der Waals surface area contributed by atoms with Gasteiger partial charge in [0.15, 0.2) is 0 Å².